The van der Waals surface area contributed by atoms with Gasteiger partial charge >= 0.3 is 0 Å². The maximum Gasteiger partial charge on any atom is 0.203 e. The van der Waals surface area contributed by atoms with Crippen LogP contribution in [-0.2, 0) is 0 Å². The highest BCUT2D eigenvalue weighted by Gasteiger charge is 2.15. The largest absolute Gasteiger partial charge is 0.493 e. The lowest BCUT2D eigenvalue weighted by Gasteiger charge is -2.20. The van der Waals surface area contributed by atoms with E-state index in [0.29, 0.717) is 23.7 Å². The van der Waals surface area contributed by atoms with Crippen LogP contribution in [0, 0.1) is 5.41 Å². The highest BCUT2D eigenvalue weighted by atomic mass is 16.5. The molecule has 0 aromatic heterocycles. The Morgan fingerprint density at radius 1 is 1.05 bits per heavy atom. The van der Waals surface area contributed by atoms with E-state index in [4.69, 9.17) is 14.2 Å². The van der Waals surface area contributed by atoms with Crippen LogP contribution in [0.1, 0.15) is 32.8 Å². The Balaban J connectivity index is 2.98. The van der Waals surface area contributed by atoms with Crippen molar-refractivity contribution in [3.63, 3.8) is 0 Å². The monoisotopic (exact) mass is 294 g/mol. The van der Waals surface area contributed by atoms with Crippen molar-refractivity contribution in [2.24, 2.45) is 5.41 Å². The molecule has 1 aromatic carbocycles. The Bertz CT molecular complexity index is 461. The molecule has 0 saturated heterocycles. The van der Waals surface area contributed by atoms with Gasteiger partial charge in [-0.2, -0.15) is 0 Å². The first-order valence-electron chi connectivity index (χ1n) is 6.97. The predicted octanol–water partition coefficient (Wildman–Crippen LogP) is 3.52. The summed E-state index contributed by atoms with van der Waals surface area (Å²) in [5, 5.41) is 10.0. The number of aliphatic hydroxyl groups is 1. The molecule has 0 aliphatic heterocycles. The van der Waals surface area contributed by atoms with Gasteiger partial charge in [0, 0.05) is 0 Å². The Kier molecular flexibility index (Phi) is 6.09. The molecule has 1 unspecified atom stereocenters. The van der Waals surface area contributed by atoms with Gasteiger partial charge in [-0.25, -0.2) is 0 Å². The molecule has 0 bridgehead atoms. The van der Waals surface area contributed by atoms with Crippen molar-refractivity contribution in [1.29, 1.82) is 0 Å². The molecule has 4 heteroatoms. The second kappa shape index (κ2) is 7.36. The van der Waals surface area contributed by atoms with Gasteiger partial charge in [0.2, 0.25) is 5.75 Å². The molecule has 1 aromatic rings. The normalized spacial score (nSPS) is 13.3. The van der Waals surface area contributed by atoms with Crippen LogP contribution in [0.3, 0.4) is 0 Å². The predicted molar refractivity (Wildman–Crippen MR) is 85.2 cm³/mol. The molecule has 0 aliphatic carbocycles. The molecular weight excluding hydrogens is 268 g/mol. The average Bonchev–Trinajstić information content (AvgIpc) is 2.41. The minimum absolute atomic E-state index is 0.0824. The first-order chi connectivity index (χ1) is 9.80. The molecule has 1 N–H and O–H groups in total. The second-order valence-electron chi connectivity index (χ2n) is 6.15. The zero-order valence-electron chi connectivity index (χ0n) is 13.8. The van der Waals surface area contributed by atoms with Crippen LogP contribution >= 0.6 is 0 Å². The standard InChI is InChI=1S/C17H26O4/c1-17(2,3)11-13(18)8-7-12-9-14(19-4)16(21-6)15(10-12)20-5/h7-10,13,18H,11H2,1-6H3/b8-7+. The highest BCUT2D eigenvalue weighted by molar-refractivity contribution is 5.62. The third-order valence-electron chi connectivity index (χ3n) is 3.02. The maximum absolute atomic E-state index is 10.0. The number of benzene rings is 1. The minimum atomic E-state index is -0.482. The van der Waals surface area contributed by atoms with Crippen LogP contribution in [0.4, 0.5) is 0 Å². The average molecular weight is 294 g/mol. The molecule has 0 heterocycles. The second-order valence-corrected chi connectivity index (χ2v) is 6.15. The molecule has 4 nitrogen and oxygen atoms in total. The summed E-state index contributed by atoms with van der Waals surface area (Å²) in [5.41, 5.74) is 0.969. The summed E-state index contributed by atoms with van der Waals surface area (Å²) in [5.74, 6) is 1.76. The SMILES string of the molecule is COc1cc(/C=C/C(O)CC(C)(C)C)cc(OC)c1OC. The van der Waals surface area contributed by atoms with Gasteiger partial charge in [0.1, 0.15) is 0 Å². The molecule has 21 heavy (non-hydrogen) atoms. The molecule has 0 radical (unpaired) electrons. The van der Waals surface area contributed by atoms with E-state index >= 15 is 0 Å². The number of methoxy groups -OCH3 is 3. The van der Waals surface area contributed by atoms with Crippen LogP contribution in [-0.4, -0.2) is 32.5 Å². The van der Waals surface area contributed by atoms with E-state index in [0.717, 1.165) is 5.56 Å². The van der Waals surface area contributed by atoms with Gasteiger partial charge in [-0.05, 0) is 29.5 Å². The van der Waals surface area contributed by atoms with Gasteiger partial charge in [0.25, 0.3) is 0 Å². The van der Waals surface area contributed by atoms with Gasteiger partial charge < -0.3 is 19.3 Å². The number of ether oxygens (including phenoxy) is 3. The van der Waals surface area contributed by atoms with E-state index in [9.17, 15) is 5.11 Å². The van der Waals surface area contributed by atoms with E-state index < -0.39 is 6.10 Å². The van der Waals surface area contributed by atoms with Crippen molar-refractivity contribution in [2.75, 3.05) is 21.3 Å². The molecule has 1 atom stereocenters. The number of hydrogen-bond donors (Lipinski definition) is 1. The Labute approximate surface area is 127 Å². The third-order valence-corrected chi connectivity index (χ3v) is 3.02. The summed E-state index contributed by atoms with van der Waals surface area (Å²) in [6.07, 6.45) is 3.87. The van der Waals surface area contributed by atoms with Crippen LogP contribution in [0.25, 0.3) is 6.08 Å². The number of hydrogen-bond acceptors (Lipinski definition) is 4. The van der Waals surface area contributed by atoms with Crippen LogP contribution in [0.15, 0.2) is 18.2 Å². The molecule has 0 amide bonds. The topological polar surface area (TPSA) is 47.9 Å². The summed E-state index contributed by atoms with van der Waals surface area (Å²) in [7, 11) is 4.74. The van der Waals surface area contributed by atoms with E-state index in [2.05, 4.69) is 20.8 Å². The lowest BCUT2D eigenvalue weighted by Crippen LogP contribution is -2.15. The minimum Gasteiger partial charge on any atom is -0.493 e. The summed E-state index contributed by atoms with van der Waals surface area (Å²) in [4.78, 5) is 0. The van der Waals surface area contributed by atoms with E-state index in [1.54, 1.807) is 27.4 Å². The molecule has 0 spiro atoms. The smallest absolute Gasteiger partial charge is 0.203 e. The fraction of sp³-hybridized carbons (Fsp3) is 0.529. The molecule has 0 saturated carbocycles. The van der Waals surface area contributed by atoms with Gasteiger partial charge in [-0.1, -0.05) is 32.9 Å². The van der Waals surface area contributed by atoms with Gasteiger partial charge in [-0.3, -0.25) is 0 Å². The summed E-state index contributed by atoms with van der Waals surface area (Å²) in [6, 6.07) is 3.70. The summed E-state index contributed by atoms with van der Waals surface area (Å²) in [6.45, 7) is 6.30. The quantitative estimate of drug-likeness (QED) is 0.872. The van der Waals surface area contributed by atoms with Crippen LogP contribution < -0.4 is 14.2 Å². The summed E-state index contributed by atoms with van der Waals surface area (Å²) < 4.78 is 15.9. The highest BCUT2D eigenvalue weighted by Crippen LogP contribution is 2.38. The zero-order chi connectivity index (χ0) is 16.0. The van der Waals surface area contributed by atoms with Crippen LogP contribution in [0.2, 0.25) is 0 Å². The van der Waals surface area contributed by atoms with Crippen molar-refractivity contribution in [1.82, 2.24) is 0 Å². The van der Waals surface area contributed by atoms with E-state index in [1.807, 2.05) is 18.2 Å². The van der Waals surface area contributed by atoms with Crippen molar-refractivity contribution in [2.45, 2.75) is 33.3 Å². The summed E-state index contributed by atoms with van der Waals surface area (Å²) >= 11 is 0. The Morgan fingerprint density at radius 2 is 1.57 bits per heavy atom. The fourth-order valence-electron chi connectivity index (χ4n) is 2.12. The molecule has 1 rings (SSSR count). The third kappa shape index (κ3) is 5.31. The van der Waals surface area contributed by atoms with Crippen molar-refractivity contribution < 1.29 is 19.3 Å². The lowest BCUT2D eigenvalue weighted by atomic mass is 9.89. The van der Waals surface area contributed by atoms with Gasteiger partial charge in [-0.15, -0.1) is 0 Å². The Hall–Kier alpha value is -1.68. The Morgan fingerprint density at radius 3 is 1.95 bits per heavy atom. The van der Waals surface area contributed by atoms with Crippen molar-refractivity contribution in [3.8, 4) is 17.2 Å². The van der Waals surface area contributed by atoms with E-state index in [-0.39, 0.29) is 5.41 Å². The zero-order valence-corrected chi connectivity index (χ0v) is 13.8. The van der Waals surface area contributed by atoms with Crippen molar-refractivity contribution >= 4 is 6.08 Å². The maximum atomic E-state index is 10.0. The van der Waals surface area contributed by atoms with Gasteiger partial charge in [0.15, 0.2) is 11.5 Å². The molecule has 0 aliphatic rings. The lowest BCUT2D eigenvalue weighted by molar-refractivity contribution is 0.162. The molecular formula is C17H26O4. The van der Waals surface area contributed by atoms with Crippen molar-refractivity contribution in [3.05, 3.63) is 23.8 Å². The van der Waals surface area contributed by atoms with E-state index in [1.165, 1.54) is 0 Å². The van der Waals surface area contributed by atoms with Gasteiger partial charge in [0.05, 0.1) is 27.4 Å². The fourth-order valence-corrected chi connectivity index (χ4v) is 2.12. The number of aliphatic hydroxyl groups excluding tert-OH is 1. The number of rotatable bonds is 6. The molecule has 118 valence electrons. The first kappa shape index (κ1) is 17.4. The molecule has 0 fully saturated rings. The first-order valence-corrected chi connectivity index (χ1v) is 6.97. The van der Waals surface area contributed by atoms with Crippen LogP contribution in [0.5, 0.6) is 17.2 Å².